The summed E-state index contributed by atoms with van der Waals surface area (Å²) in [5.74, 6) is 0.342. The van der Waals surface area contributed by atoms with Crippen LogP contribution in [0.15, 0.2) is 122 Å². The smallest absolute Gasteiger partial charge is 0.406 e. The zero-order valence-corrected chi connectivity index (χ0v) is 38.0. The maximum absolute atomic E-state index is 14.1. The second-order valence-electron chi connectivity index (χ2n) is 20.0. The SMILES string of the molecule is Cc1cc2c3c(c1)N(c1ccc(-c4ncncn4)cc1)c1c(sc4cc5c(cc14)C(C)(C)CCC5(C)C)B3c1ccc(OC(F)(F)F)cc1N2c1ccc2c(c1)C(C)(C)c1ccccc1-2. The summed E-state index contributed by atoms with van der Waals surface area (Å²) in [5, 5.41) is 1.17. The van der Waals surface area contributed by atoms with Crippen LogP contribution in [-0.2, 0) is 16.2 Å². The molecule has 6 nitrogen and oxygen atoms in total. The van der Waals surface area contributed by atoms with Gasteiger partial charge in [-0.3, -0.25) is 0 Å². The van der Waals surface area contributed by atoms with Crippen molar-refractivity contribution in [2.24, 2.45) is 0 Å². The van der Waals surface area contributed by atoms with Gasteiger partial charge in [0.25, 0.3) is 6.71 Å². The molecule has 0 unspecified atom stereocenters. The van der Waals surface area contributed by atoms with E-state index in [1.807, 2.05) is 6.07 Å². The maximum Gasteiger partial charge on any atom is 0.573 e. The standard InChI is InChI=1S/C54H45BF3N5OS/c1-30-22-44-47-45(23-30)63(32-14-12-31(13-15-32)50-60-28-59-29-61-50)48-37-26-40-41(52(4,5)21-20-51(40,2)3)27-46(37)65-49(48)55(47)42-19-17-34(64-54(56,57)58)25-43(42)62(44)33-16-18-36-35-10-8-9-11-38(35)53(6,7)39(36)24-33/h8-19,22-29H,20-21H2,1-7H3. The number of alkyl halides is 3. The fraction of sp³-hybridized carbons (Fsp3) is 0.241. The van der Waals surface area contributed by atoms with Crippen LogP contribution < -0.4 is 30.2 Å². The molecule has 11 heteroatoms. The van der Waals surface area contributed by atoms with Crippen molar-refractivity contribution in [3.05, 3.63) is 150 Å². The van der Waals surface area contributed by atoms with E-state index < -0.39 is 6.36 Å². The number of hydrogen-bond donors (Lipinski definition) is 0. The quantitative estimate of drug-likeness (QED) is 0.164. The van der Waals surface area contributed by atoms with Crippen LogP contribution >= 0.6 is 11.3 Å². The van der Waals surface area contributed by atoms with Crippen molar-refractivity contribution in [2.75, 3.05) is 9.80 Å². The first-order valence-electron chi connectivity index (χ1n) is 22.2. The highest BCUT2D eigenvalue weighted by Gasteiger charge is 2.47. The van der Waals surface area contributed by atoms with Crippen molar-refractivity contribution in [1.82, 2.24) is 15.0 Å². The number of aryl methyl sites for hydroxylation is 1. The van der Waals surface area contributed by atoms with Crippen LogP contribution in [0.25, 0.3) is 32.6 Å². The molecule has 6 aromatic carbocycles. The van der Waals surface area contributed by atoms with Crippen molar-refractivity contribution in [3.8, 4) is 28.3 Å². The molecular formula is C54H45BF3N5OS. The Labute approximate surface area is 380 Å². The Kier molecular flexibility index (Phi) is 8.35. The summed E-state index contributed by atoms with van der Waals surface area (Å²) in [6, 6.07) is 37.8. The average molecular weight is 880 g/mol. The number of rotatable bonds is 4. The van der Waals surface area contributed by atoms with Crippen LogP contribution in [0.4, 0.5) is 47.3 Å². The van der Waals surface area contributed by atoms with Gasteiger partial charge in [-0.05, 0) is 147 Å². The molecule has 12 rings (SSSR count). The topological polar surface area (TPSA) is 54.4 Å². The van der Waals surface area contributed by atoms with E-state index in [9.17, 15) is 13.2 Å². The second kappa shape index (κ2) is 13.5. The van der Waals surface area contributed by atoms with Crippen molar-refractivity contribution >= 4 is 78.0 Å². The van der Waals surface area contributed by atoms with Crippen LogP contribution in [0.5, 0.6) is 5.75 Å². The molecule has 322 valence electrons. The number of ether oxygens (including phenoxy) is 1. The van der Waals surface area contributed by atoms with Crippen molar-refractivity contribution in [3.63, 3.8) is 0 Å². The largest absolute Gasteiger partial charge is 0.573 e. The minimum absolute atomic E-state index is 0.0000497. The number of thiophene rings is 1. The molecule has 0 saturated carbocycles. The van der Waals surface area contributed by atoms with Gasteiger partial charge < -0.3 is 14.5 Å². The highest BCUT2D eigenvalue weighted by atomic mass is 32.1. The Balaban J connectivity index is 1.15. The molecule has 2 aromatic heterocycles. The van der Waals surface area contributed by atoms with Gasteiger partial charge in [-0.1, -0.05) is 77.9 Å². The van der Waals surface area contributed by atoms with Gasteiger partial charge in [0.05, 0.1) is 5.69 Å². The predicted octanol–water partition coefficient (Wildman–Crippen LogP) is 12.7. The lowest BCUT2D eigenvalue weighted by atomic mass is 9.36. The van der Waals surface area contributed by atoms with Crippen LogP contribution in [-0.4, -0.2) is 28.0 Å². The summed E-state index contributed by atoms with van der Waals surface area (Å²) in [5.41, 5.74) is 16.7. The summed E-state index contributed by atoms with van der Waals surface area (Å²) in [7, 11) is 0. The zero-order chi connectivity index (χ0) is 44.9. The monoisotopic (exact) mass is 879 g/mol. The number of fused-ring (bicyclic) bond motifs is 10. The summed E-state index contributed by atoms with van der Waals surface area (Å²) < 4.78 is 49.3. The summed E-state index contributed by atoms with van der Waals surface area (Å²) in [4.78, 5) is 17.5. The van der Waals surface area contributed by atoms with E-state index in [0.29, 0.717) is 11.5 Å². The number of hydrogen-bond acceptors (Lipinski definition) is 7. The molecule has 2 aliphatic carbocycles. The Bertz CT molecular complexity index is 3310. The molecule has 0 amide bonds. The van der Waals surface area contributed by atoms with Gasteiger partial charge in [0.2, 0.25) is 0 Å². The number of nitrogens with zero attached hydrogens (tertiary/aromatic N) is 5. The maximum atomic E-state index is 14.1. The van der Waals surface area contributed by atoms with Gasteiger partial charge in [-0.25, -0.2) is 15.0 Å². The first-order valence-corrected chi connectivity index (χ1v) is 23.0. The van der Waals surface area contributed by atoms with E-state index in [0.717, 1.165) is 68.1 Å². The lowest BCUT2D eigenvalue weighted by Gasteiger charge is -2.44. The normalized spacial score (nSPS) is 16.9. The number of anilines is 6. The van der Waals surface area contributed by atoms with Crippen LogP contribution in [0.2, 0.25) is 0 Å². The lowest BCUT2D eigenvalue weighted by Crippen LogP contribution is -2.60. The molecule has 0 atom stereocenters. The van der Waals surface area contributed by atoms with E-state index in [1.165, 1.54) is 62.2 Å². The Morgan fingerprint density at radius 2 is 1.32 bits per heavy atom. The van der Waals surface area contributed by atoms with E-state index in [-0.39, 0.29) is 28.7 Å². The van der Waals surface area contributed by atoms with Crippen molar-refractivity contribution < 1.29 is 17.9 Å². The molecule has 0 spiro atoms. The Morgan fingerprint density at radius 1 is 0.662 bits per heavy atom. The third-order valence-corrected chi connectivity index (χ3v) is 15.9. The lowest BCUT2D eigenvalue weighted by molar-refractivity contribution is -0.274. The molecule has 4 aliphatic rings. The number of halogens is 3. The fourth-order valence-electron chi connectivity index (χ4n) is 11.4. The Hall–Kier alpha value is -6.46. The molecule has 0 bridgehead atoms. The summed E-state index contributed by atoms with van der Waals surface area (Å²) in [6.07, 6.45) is 0.338. The highest BCUT2D eigenvalue weighted by Crippen LogP contribution is 2.54. The zero-order valence-electron chi connectivity index (χ0n) is 37.2. The third-order valence-electron chi connectivity index (χ3n) is 14.7. The summed E-state index contributed by atoms with van der Waals surface area (Å²) >= 11 is 1.80. The molecule has 8 aromatic rings. The van der Waals surface area contributed by atoms with Crippen LogP contribution in [0.1, 0.15) is 82.2 Å². The Morgan fingerprint density at radius 3 is 2.05 bits per heavy atom. The van der Waals surface area contributed by atoms with Gasteiger partial charge >= 0.3 is 6.36 Å². The molecule has 65 heavy (non-hydrogen) atoms. The average Bonchev–Trinajstić information content (AvgIpc) is 3.75. The van der Waals surface area contributed by atoms with E-state index >= 15 is 0 Å². The fourth-order valence-corrected chi connectivity index (χ4v) is 12.7. The second-order valence-corrected chi connectivity index (χ2v) is 21.1. The molecule has 2 aliphatic heterocycles. The molecular weight excluding hydrogens is 835 g/mol. The first kappa shape index (κ1) is 40.1. The summed E-state index contributed by atoms with van der Waals surface area (Å²) in [6.45, 7) is 15.8. The van der Waals surface area contributed by atoms with Gasteiger partial charge in [-0.2, -0.15) is 0 Å². The highest BCUT2D eigenvalue weighted by molar-refractivity contribution is 7.33. The molecule has 0 saturated heterocycles. The molecule has 4 heterocycles. The third kappa shape index (κ3) is 5.96. The van der Waals surface area contributed by atoms with Crippen LogP contribution in [0, 0.1) is 6.92 Å². The number of aromatic nitrogens is 3. The van der Waals surface area contributed by atoms with E-state index in [2.05, 4.69) is 164 Å². The van der Waals surface area contributed by atoms with Gasteiger partial charge in [0.1, 0.15) is 18.4 Å². The predicted molar refractivity (Wildman–Crippen MR) is 259 cm³/mol. The molecule has 0 fully saturated rings. The van der Waals surface area contributed by atoms with Gasteiger partial charge in [0, 0.05) is 60.3 Å². The van der Waals surface area contributed by atoms with E-state index in [4.69, 9.17) is 4.74 Å². The van der Waals surface area contributed by atoms with Gasteiger partial charge in [-0.15, -0.1) is 24.5 Å². The minimum atomic E-state index is -4.86. The molecule has 0 radical (unpaired) electrons. The first-order chi connectivity index (χ1) is 31.0. The van der Waals surface area contributed by atoms with Crippen molar-refractivity contribution in [1.29, 1.82) is 0 Å². The van der Waals surface area contributed by atoms with Crippen LogP contribution in [0.3, 0.4) is 0 Å². The molecule has 0 N–H and O–H groups in total. The van der Waals surface area contributed by atoms with E-state index in [1.54, 1.807) is 17.4 Å². The van der Waals surface area contributed by atoms with Crippen molar-refractivity contribution in [2.45, 2.75) is 83.9 Å². The number of benzene rings is 6. The van der Waals surface area contributed by atoms with Gasteiger partial charge in [0.15, 0.2) is 5.82 Å². The minimum Gasteiger partial charge on any atom is -0.406 e.